The molecule has 3 amide bonds. The number of amides is 3. The molecule has 7 heteroatoms. The van der Waals surface area contributed by atoms with Crippen molar-refractivity contribution in [3.05, 3.63) is 52.5 Å². The van der Waals surface area contributed by atoms with Gasteiger partial charge in [-0.25, -0.2) is 0 Å². The molecule has 0 aliphatic carbocycles. The summed E-state index contributed by atoms with van der Waals surface area (Å²) < 4.78 is 0.890. The quantitative estimate of drug-likeness (QED) is 0.703. The molecule has 0 atom stereocenters. The number of carbonyl (C=O) groups is 3. The lowest BCUT2D eigenvalue weighted by atomic mass is 10.2. The lowest BCUT2D eigenvalue weighted by molar-refractivity contribution is -0.133. The van der Waals surface area contributed by atoms with Gasteiger partial charge in [-0.3, -0.25) is 14.4 Å². The summed E-state index contributed by atoms with van der Waals surface area (Å²) in [5.41, 5.74) is 2.47. The van der Waals surface area contributed by atoms with Gasteiger partial charge in [-0.15, -0.1) is 0 Å². The van der Waals surface area contributed by atoms with Crippen molar-refractivity contribution in [2.24, 2.45) is 0 Å². The van der Waals surface area contributed by atoms with Crippen LogP contribution in [0.4, 0.5) is 17.1 Å². The van der Waals surface area contributed by atoms with Crippen LogP contribution in [0.2, 0.25) is 0 Å². The van der Waals surface area contributed by atoms with Crippen molar-refractivity contribution in [2.45, 2.75) is 13.8 Å². The van der Waals surface area contributed by atoms with Crippen molar-refractivity contribution in [2.75, 3.05) is 16.0 Å². The van der Waals surface area contributed by atoms with Crippen LogP contribution in [0.1, 0.15) is 12.5 Å². The van der Waals surface area contributed by atoms with E-state index in [0.717, 1.165) is 10.0 Å². The van der Waals surface area contributed by atoms with E-state index in [1.165, 1.54) is 6.92 Å². The molecule has 0 aliphatic heterocycles. The largest absolute Gasteiger partial charge is 0.326 e. The smallest absolute Gasteiger partial charge is 0.314 e. The van der Waals surface area contributed by atoms with Crippen molar-refractivity contribution in [1.29, 1.82) is 0 Å². The number of halogens is 1. The van der Waals surface area contributed by atoms with Crippen LogP contribution in [-0.4, -0.2) is 17.7 Å². The number of rotatable bonds is 3. The highest BCUT2D eigenvalue weighted by Gasteiger charge is 2.15. The van der Waals surface area contributed by atoms with Gasteiger partial charge in [0.15, 0.2) is 0 Å². The molecule has 0 bridgehead atoms. The SMILES string of the molecule is CC(=O)Nc1ccc(NC(=O)C(=O)Nc2ccc(Br)cc2C)cc1. The van der Waals surface area contributed by atoms with E-state index in [9.17, 15) is 14.4 Å². The Hall–Kier alpha value is -2.67. The van der Waals surface area contributed by atoms with Crippen LogP contribution < -0.4 is 16.0 Å². The van der Waals surface area contributed by atoms with Gasteiger partial charge in [-0.2, -0.15) is 0 Å². The van der Waals surface area contributed by atoms with Gasteiger partial charge in [-0.05, 0) is 55.0 Å². The van der Waals surface area contributed by atoms with E-state index < -0.39 is 11.8 Å². The van der Waals surface area contributed by atoms with Gasteiger partial charge in [0.2, 0.25) is 5.91 Å². The first-order valence-corrected chi connectivity index (χ1v) is 7.90. The molecule has 0 fully saturated rings. The maximum absolute atomic E-state index is 12.0. The van der Waals surface area contributed by atoms with Gasteiger partial charge in [0.25, 0.3) is 0 Å². The molecule has 6 nitrogen and oxygen atoms in total. The van der Waals surface area contributed by atoms with E-state index >= 15 is 0 Å². The van der Waals surface area contributed by atoms with Gasteiger partial charge < -0.3 is 16.0 Å². The first kappa shape index (κ1) is 17.7. The van der Waals surface area contributed by atoms with Gasteiger partial charge in [0.1, 0.15) is 0 Å². The first-order valence-electron chi connectivity index (χ1n) is 7.11. The topological polar surface area (TPSA) is 87.3 Å². The minimum atomic E-state index is -0.774. The monoisotopic (exact) mass is 389 g/mol. The van der Waals surface area contributed by atoms with Crippen LogP contribution in [0.5, 0.6) is 0 Å². The first-order chi connectivity index (χ1) is 11.3. The molecular weight excluding hydrogens is 374 g/mol. The highest BCUT2D eigenvalue weighted by atomic mass is 79.9. The van der Waals surface area contributed by atoms with E-state index in [-0.39, 0.29) is 5.91 Å². The number of hydrogen-bond acceptors (Lipinski definition) is 3. The molecule has 0 aromatic heterocycles. The summed E-state index contributed by atoms with van der Waals surface area (Å²) in [6.45, 7) is 3.24. The molecule has 0 radical (unpaired) electrons. The number of anilines is 3. The van der Waals surface area contributed by atoms with Gasteiger partial charge in [0, 0.05) is 28.5 Å². The highest BCUT2D eigenvalue weighted by Crippen LogP contribution is 2.20. The summed E-state index contributed by atoms with van der Waals surface area (Å²) in [7, 11) is 0. The second-order valence-corrected chi connectivity index (χ2v) is 6.04. The molecule has 2 rings (SSSR count). The van der Waals surface area contributed by atoms with E-state index in [1.54, 1.807) is 36.4 Å². The lowest BCUT2D eigenvalue weighted by Gasteiger charge is -2.09. The molecule has 124 valence electrons. The zero-order valence-corrected chi connectivity index (χ0v) is 14.7. The van der Waals surface area contributed by atoms with Crippen molar-refractivity contribution in [3.8, 4) is 0 Å². The van der Waals surface area contributed by atoms with Crippen molar-refractivity contribution in [3.63, 3.8) is 0 Å². The third kappa shape index (κ3) is 4.92. The Morgan fingerprint density at radius 2 is 1.38 bits per heavy atom. The zero-order valence-electron chi connectivity index (χ0n) is 13.1. The Balaban J connectivity index is 1.98. The minimum Gasteiger partial charge on any atom is -0.326 e. The van der Waals surface area contributed by atoms with Crippen LogP contribution in [-0.2, 0) is 14.4 Å². The number of benzene rings is 2. The summed E-state index contributed by atoms with van der Waals surface area (Å²) in [6.07, 6.45) is 0. The Morgan fingerprint density at radius 1 is 0.833 bits per heavy atom. The van der Waals surface area contributed by atoms with Crippen LogP contribution in [0.15, 0.2) is 46.9 Å². The molecule has 2 aromatic rings. The number of hydrogen-bond donors (Lipinski definition) is 3. The number of nitrogens with one attached hydrogen (secondary N) is 3. The predicted molar refractivity (Wildman–Crippen MR) is 96.9 cm³/mol. The zero-order chi connectivity index (χ0) is 17.7. The van der Waals surface area contributed by atoms with Gasteiger partial charge in [-0.1, -0.05) is 15.9 Å². The summed E-state index contributed by atoms with van der Waals surface area (Å²) in [5, 5.41) is 7.68. The van der Waals surface area contributed by atoms with Crippen molar-refractivity contribution >= 4 is 50.7 Å². The Kier molecular flexibility index (Phi) is 5.70. The van der Waals surface area contributed by atoms with Crippen molar-refractivity contribution in [1.82, 2.24) is 0 Å². The van der Waals surface area contributed by atoms with E-state index in [4.69, 9.17) is 0 Å². The Morgan fingerprint density at radius 3 is 1.92 bits per heavy atom. The van der Waals surface area contributed by atoms with Crippen LogP contribution in [0, 0.1) is 6.92 Å². The lowest BCUT2D eigenvalue weighted by Crippen LogP contribution is -2.29. The summed E-state index contributed by atoms with van der Waals surface area (Å²) in [6, 6.07) is 11.8. The second kappa shape index (κ2) is 7.74. The molecule has 0 saturated heterocycles. The third-order valence-corrected chi connectivity index (χ3v) is 3.60. The fraction of sp³-hybridized carbons (Fsp3) is 0.118. The third-order valence-electron chi connectivity index (χ3n) is 3.11. The molecule has 0 aliphatic rings. The average Bonchev–Trinajstić information content (AvgIpc) is 2.51. The molecule has 0 unspecified atom stereocenters. The Bertz CT molecular complexity index is 788. The van der Waals surface area contributed by atoms with Gasteiger partial charge >= 0.3 is 11.8 Å². The molecule has 0 spiro atoms. The fourth-order valence-corrected chi connectivity index (χ4v) is 2.45. The molecule has 24 heavy (non-hydrogen) atoms. The maximum atomic E-state index is 12.0. The van der Waals surface area contributed by atoms with Crippen LogP contribution >= 0.6 is 15.9 Å². The number of carbonyl (C=O) groups excluding carboxylic acids is 3. The van der Waals surface area contributed by atoms with E-state index in [2.05, 4.69) is 31.9 Å². The number of aryl methyl sites for hydroxylation is 1. The minimum absolute atomic E-state index is 0.184. The second-order valence-electron chi connectivity index (χ2n) is 5.13. The fourth-order valence-electron chi connectivity index (χ4n) is 1.97. The standard InChI is InChI=1S/C17H16BrN3O3/c1-10-9-12(18)3-8-15(10)21-17(24)16(23)20-14-6-4-13(5-7-14)19-11(2)22/h3-9H,1-2H3,(H,19,22)(H,20,23)(H,21,24). The van der Waals surface area contributed by atoms with Gasteiger partial charge in [0.05, 0.1) is 0 Å². The molecular formula is C17H16BrN3O3. The molecule has 3 N–H and O–H groups in total. The van der Waals surface area contributed by atoms with Crippen LogP contribution in [0.25, 0.3) is 0 Å². The normalized spacial score (nSPS) is 9.96. The average molecular weight is 390 g/mol. The predicted octanol–water partition coefficient (Wildman–Crippen LogP) is 3.29. The molecule has 0 heterocycles. The maximum Gasteiger partial charge on any atom is 0.314 e. The molecule has 0 saturated carbocycles. The molecule has 2 aromatic carbocycles. The van der Waals surface area contributed by atoms with Crippen molar-refractivity contribution < 1.29 is 14.4 Å². The Labute approximate surface area is 147 Å². The summed E-state index contributed by atoms with van der Waals surface area (Å²) in [4.78, 5) is 34.9. The van der Waals surface area contributed by atoms with E-state index in [1.807, 2.05) is 13.0 Å². The summed E-state index contributed by atoms with van der Waals surface area (Å²) in [5.74, 6) is -1.72. The highest BCUT2D eigenvalue weighted by molar-refractivity contribution is 9.10. The van der Waals surface area contributed by atoms with Crippen LogP contribution in [0.3, 0.4) is 0 Å². The summed E-state index contributed by atoms with van der Waals surface area (Å²) >= 11 is 3.34. The van der Waals surface area contributed by atoms with E-state index in [0.29, 0.717) is 17.1 Å².